The van der Waals surface area contributed by atoms with Crippen LogP contribution in [0.1, 0.15) is 12.5 Å². The number of rotatable bonds is 3. The maximum atomic E-state index is 11.2. The standard InChI is InChI=1S/C11H10Br2O2/c1-7(2)11(14)15-6-8-4-3-5-9(12)10(8)13/h3-5H,1,6H2,2H3. The van der Waals surface area contributed by atoms with E-state index in [-0.39, 0.29) is 12.6 Å². The Labute approximate surface area is 106 Å². The molecule has 0 saturated carbocycles. The summed E-state index contributed by atoms with van der Waals surface area (Å²) in [7, 11) is 0. The predicted octanol–water partition coefficient (Wildman–Crippen LogP) is 3.83. The molecule has 1 rings (SSSR count). The molecule has 0 saturated heterocycles. The van der Waals surface area contributed by atoms with E-state index < -0.39 is 0 Å². The van der Waals surface area contributed by atoms with Gasteiger partial charge in [0.2, 0.25) is 0 Å². The summed E-state index contributed by atoms with van der Waals surface area (Å²) in [4.78, 5) is 11.2. The van der Waals surface area contributed by atoms with Gasteiger partial charge in [-0.3, -0.25) is 0 Å². The lowest BCUT2D eigenvalue weighted by molar-refractivity contribution is -0.140. The van der Waals surface area contributed by atoms with Crippen LogP contribution >= 0.6 is 31.9 Å². The summed E-state index contributed by atoms with van der Waals surface area (Å²) < 4.78 is 6.87. The van der Waals surface area contributed by atoms with Crippen molar-refractivity contribution in [3.8, 4) is 0 Å². The van der Waals surface area contributed by atoms with E-state index in [0.29, 0.717) is 5.57 Å². The third kappa shape index (κ3) is 3.47. The lowest BCUT2D eigenvalue weighted by Crippen LogP contribution is -2.05. The third-order valence-electron chi connectivity index (χ3n) is 1.74. The molecule has 0 aliphatic carbocycles. The van der Waals surface area contributed by atoms with E-state index in [2.05, 4.69) is 38.4 Å². The van der Waals surface area contributed by atoms with Gasteiger partial charge >= 0.3 is 5.97 Å². The Morgan fingerprint density at radius 1 is 1.47 bits per heavy atom. The van der Waals surface area contributed by atoms with Crippen molar-refractivity contribution in [3.63, 3.8) is 0 Å². The maximum absolute atomic E-state index is 11.2. The van der Waals surface area contributed by atoms with Gasteiger partial charge in [0.1, 0.15) is 6.61 Å². The first-order valence-electron chi connectivity index (χ1n) is 4.28. The van der Waals surface area contributed by atoms with Crippen LogP contribution in [0, 0.1) is 0 Å². The molecule has 0 N–H and O–H groups in total. The molecule has 15 heavy (non-hydrogen) atoms. The van der Waals surface area contributed by atoms with Gasteiger partial charge in [-0.2, -0.15) is 0 Å². The van der Waals surface area contributed by atoms with Crippen LogP contribution in [0.2, 0.25) is 0 Å². The van der Waals surface area contributed by atoms with Gasteiger partial charge in [-0.1, -0.05) is 18.7 Å². The monoisotopic (exact) mass is 332 g/mol. The zero-order chi connectivity index (χ0) is 11.4. The highest BCUT2D eigenvalue weighted by molar-refractivity contribution is 9.13. The molecule has 0 aromatic heterocycles. The summed E-state index contributed by atoms with van der Waals surface area (Å²) in [5, 5.41) is 0. The average molecular weight is 334 g/mol. The molecule has 0 amide bonds. The molecule has 0 fully saturated rings. The molecular weight excluding hydrogens is 324 g/mol. The zero-order valence-electron chi connectivity index (χ0n) is 8.22. The van der Waals surface area contributed by atoms with Crippen LogP contribution in [-0.2, 0) is 16.1 Å². The van der Waals surface area contributed by atoms with E-state index >= 15 is 0 Å². The summed E-state index contributed by atoms with van der Waals surface area (Å²) in [5.41, 5.74) is 1.32. The molecule has 0 aliphatic rings. The van der Waals surface area contributed by atoms with Crippen molar-refractivity contribution in [2.45, 2.75) is 13.5 Å². The molecule has 0 aliphatic heterocycles. The Hall–Kier alpha value is -0.610. The number of hydrogen-bond acceptors (Lipinski definition) is 2. The Morgan fingerprint density at radius 3 is 2.73 bits per heavy atom. The number of halogens is 2. The van der Waals surface area contributed by atoms with E-state index in [9.17, 15) is 4.79 Å². The average Bonchev–Trinajstić information content (AvgIpc) is 2.19. The van der Waals surface area contributed by atoms with Crippen LogP contribution in [0.4, 0.5) is 0 Å². The molecule has 0 atom stereocenters. The lowest BCUT2D eigenvalue weighted by atomic mass is 10.2. The van der Waals surface area contributed by atoms with E-state index in [1.54, 1.807) is 6.92 Å². The summed E-state index contributed by atoms with van der Waals surface area (Å²) in [6, 6.07) is 5.69. The van der Waals surface area contributed by atoms with E-state index in [4.69, 9.17) is 4.74 Å². The summed E-state index contributed by atoms with van der Waals surface area (Å²) in [5.74, 6) is -0.373. The van der Waals surface area contributed by atoms with Gasteiger partial charge in [0.05, 0.1) is 0 Å². The van der Waals surface area contributed by atoms with Crippen LogP contribution in [0.3, 0.4) is 0 Å². The van der Waals surface area contributed by atoms with Crippen molar-refractivity contribution < 1.29 is 9.53 Å². The van der Waals surface area contributed by atoms with Gasteiger partial charge in [0.15, 0.2) is 0 Å². The Bertz CT molecular complexity index is 400. The third-order valence-corrected chi connectivity index (χ3v) is 3.87. The fourth-order valence-electron chi connectivity index (χ4n) is 0.926. The molecular formula is C11H10Br2O2. The molecule has 0 radical (unpaired) electrons. The zero-order valence-corrected chi connectivity index (χ0v) is 11.4. The second kappa shape index (κ2) is 5.47. The van der Waals surface area contributed by atoms with Gasteiger partial charge in [0.25, 0.3) is 0 Å². The lowest BCUT2D eigenvalue weighted by Gasteiger charge is -2.07. The normalized spacial score (nSPS) is 9.80. The number of hydrogen-bond donors (Lipinski definition) is 0. The second-order valence-corrected chi connectivity index (χ2v) is 4.72. The molecule has 0 spiro atoms. The van der Waals surface area contributed by atoms with Gasteiger partial charge in [-0.15, -0.1) is 0 Å². The van der Waals surface area contributed by atoms with Crippen LogP contribution in [0.25, 0.3) is 0 Å². The fourth-order valence-corrected chi connectivity index (χ4v) is 1.71. The van der Waals surface area contributed by atoms with Crippen molar-refractivity contribution in [2.75, 3.05) is 0 Å². The fraction of sp³-hybridized carbons (Fsp3) is 0.182. The number of carbonyl (C=O) groups is 1. The van der Waals surface area contributed by atoms with E-state index in [1.165, 1.54) is 0 Å². The van der Waals surface area contributed by atoms with Crippen molar-refractivity contribution in [2.24, 2.45) is 0 Å². The second-order valence-electron chi connectivity index (χ2n) is 3.07. The molecule has 0 heterocycles. The smallest absolute Gasteiger partial charge is 0.333 e. The quantitative estimate of drug-likeness (QED) is 0.620. The molecule has 80 valence electrons. The van der Waals surface area contributed by atoms with Crippen molar-refractivity contribution in [1.29, 1.82) is 0 Å². The number of esters is 1. The highest BCUT2D eigenvalue weighted by Crippen LogP contribution is 2.27. The van der Waals surface area contributed by atoms with Crippen molar-refractivity contribution in [3.05, 3.63) is 44.9 Å². The first-order chi connectivity index (χ1) is 7.02. The first kappa shape index (κ1) is 12.5. The van der Waals surface area contributed by atoms with E-state index in [1.807, 2.05) is 18.2 Å². The Kier molecular flexibility index (Phi) is 4.54. The summed E-state index contributed by atoms with van der Waals surface area (Å²) in [6.45, 7) is 5.38. The molecule has 1 aromatic carbocycles. The van der Waals surface area contributed by atoms with Gasteiger partial charge in [0, 0.05) is 20.1 Å². The highest BCUT2D eigenvalue weighted by atomic mass is 79.9. The predicted molar refractivity (Wildman–Crippen MR) is 66.5 cm³/mol. The van der Waals surface area contributed by atoms with Crippen LogP contribution in [-0.4, -0.2) is 5.97 Å². The van der Waals surface area contributed by atoms with Gasteiger partial charge in [-0.25, -0.2) is 4.79 Å². The minimum atomic E-state index is -0.373. The number of benzene rings is 1. The molecule has 1 aromatic rings. The summed E-state index contributed by atoms with van der Waals surface area (Å²) >= 11 is 6.78. The minimum Gasteiger partial charge on any atom is -0.457 e. The minimum absolute atomic E-state index is 0.242. The van der Waals surface area contributed by atoms with Crippen LogP contribution < -0.4 is 0 Å². The Balaban J connectivity index is 2.70. The first-order valence-corrected chi connectivity index (χ1v) is 5.86. The SMILES string of the molecule is C=C(C)C(=O)OCc1cccc(Br)c1Br. The molecule has 2 nitrogen and oxygen atoms in total. The van der Waals surface area contributed by atoms with Crippen LogP contribution in [0.15, 0.2) is 39.3 Å². The highest BCUT2D eigenvalue weighted by Gasteiger charge is 2.07. The van der Waals surface area contributed by atoms with Gasteiger partial charge < -0.3 is 4.74 Å². The van der Waals surface area contributed by atoms with Crippen LogP contribution in [0.5, 0.6) is 0 Å². The Morgan fingerprint density at radius 2 is 2.13 bits per heavy atom. The van der Waals surface area contributed by atoms with E-state index in [0.717, 1.165) is 14.5 Å². The van der Waals surface area contributed by atoms with Crippen molar-refractivity contribution >= 4 is 37.8 Å². The largest absolute Gasteiger partial charge is 0.457 e. The van der Waals surface area contributed by atoms with Crippen molar-refractivity contribution in [1.82, 2.24) is 0 Å². The number of carbonyl (C=O) groups excluding carboxylic acids is 1. The van der Waals surface area contributed by atoms with Gasteiger partial charge in [-0.05, 0) is 44.8 Å². The molecule has 0 bridgehead atoms. The summed E-state index contributed by atoms with van der Waals surface area (Å²) in [6.07, 6.45) is 0. The number of ether oxygens (including phenoxy) is 1. The maximum Gasteiger partial charge on any atom is 0.333 e. The topological polar surface area (TPSA) is 26.3 Å². The molecule has 4 heteroatoms. The molecule has 0 unspecified atom stereocenters.